The second kappa shape index (κ2) is 9.96. The van der Waals surface area contributed by atoms with Crippen LogP contribution in [0.2, 0.25) is 0 Å². The lowest BCUT2D eigenvalue weighted by atomic mass is 9.94. The molecule has 0 bridgehead atoms. The number of nitrogens with zero attached hydrogens (tertiary/aromatic N) is 3. The third-order valence-corrected chi connectivity index (χ3v) is 5.76. The summed E-state index contributed by atoms with van der Waals surface area (Å²) in [6.45, 7) is 2.01. The van der Waals surface area contributed by atoms with Gasteiger partial charge in [-0.1, -0.05) is 6.07 Å². The summed E-state index contributed by atoms with van der Waals surface area (Å²) in [5.41, 5.74) is 2.40. The topological polar surface area (TPSA) is 96.8 Å². The summed E-state index contributed by atoms with van der Waals surface area (Å²) >= 11 is 0. The standard InChI is InChI=1S/C23H30N4O4/c1-30-17-7-6-8-18(13-17)31-15-16(28)14-24-22(29)21-19-9-2-3-10-20(19)25-23(26-21)27-11-4-5-12-27/h6-8,13,16,28H,2-5,9-12,14-15H2,1H3,(H,24,29). The number of carbonyl (C=O) groups excluding carboxylic acids is 1. The van der Waals surface area contributed by atoms with E-state index in [1.54, 1.807) is 19.2 Å². The van der Waals surface area contributed by atoms with Crippen molar-refractivity contribution in [3.63, 3.8) is 0 Å². The molecule has 1 aliphatic heterocycles. The van der Waals surface area contributed by atoms with E-state index >= 15 is 0 Å². The van der Waals surface area contributed by atoms with Gasteiger partial charge in [0.05, 0.1) is 7.11 Å². The Morgan fingerprint density at radius 2 is 1.94 bits per heavy atom. The molecule has 8 heteroatoms. The number of hydrogen-bond donors (Lipinski definition) is 2. The van der Waals surface area contributed by atoms with Crippen LogP contribution in [0, 0.1) is 0 Å². The number of methoxy groups -OCH3 is 1. The highest BCUT2D eigenvalue weighted by Crippen LogP contribution is 2.26. The second-order valence-corrected chi connectivity index (χ2v) is 8.05. The predicted molar refractivity (Wildman–Crippen MR) is 117 cm³/mol. The second-order valence-electron chi connectivity index (χ2n) is 8.05. The van der Waals surface area contributed by atoms with Crippen LogP contribution in [-0.2, 0) is 12.8 Å². The van der Waals surface area contributed by atoms with Gasteiger partial charge in [0.2, 0.25) is 5.95 Å². The van der Waals surface area contributed by atoms with E-state index in [-0.39, 0.29) is 19.1 Å². The fraction of sp³-hybridized carbons (Fsp3) is 0.522. The number of amides is 1. The molecule has 4 rings (SSSR count). The van der Waals surface area contributed by atoms with Crippen molar-refractivity contribution in [1.82, 2.24) is 15.3 Å². The number of ether oxygens (including phenoxy) is 2. The molecule has 0 saturated carbocycles. The quantitative estimate of drug-likeness (QED) is 0.667. The van der Waals surface area contributed by atoms with Crippen molar-refractivity contribution in [2.45, 2.75) is 44.6 Å². The summed E-state index contributed by atoms with van der Waals surface area (Å²) < 4.78 is 10.8. The van der Waals surface area contributed by atoms with Crippen molar-refractivity contribution in [1.29, 1.82) is 0 Å². The molecule has 2 aliphatic rings. The number of rotatable bonds is 8. The smallest absolute Gasteiger partial charge is 0.270 e. The number of fused-ring (bicyclic) bond motifs is 1. The third-order valence-electron chi connectivity index (χ3n) is 5.76. The van der Waals surface area contributed by atoms with Crippen molar-refractivity contribution in [3.05, 3.63) is 41.2 Å². The Morgan fingerprint density at radius 3 is 2.74 bits per heavy atom. The Labute approximate surface area is 182 Å². The van der Waals surface area contributed by atoms with Crippen LogP contribution in [0.1, 0.15) is 47.4 Å². The molecule has 1 aliphatic carbocycles. The predicted octanol–water partition coefficient (Wildman–Crippen LogP) is 2.13. The van der Waals surface area contributed by atoms with E-state index in [0.29, 0.717) is 23.1 Å². The van der Waals surface area contributed by atoms with Crippen molar-refractivity contribution in [2.24, 2.45) is 0 Å². The fourth-order valence-electron chi connectivity index (χ4n) is 4.06. The lowest BCUT2D eigenvalue weighted by Gasteiger charge is -2.22. The Kier molecular flexibility index (Phi) is 6.86. The Balaban J connectivity index is 1.38. The van der Waals surface area contributed by atoms with Gasteiger partial charge in [-0.25, -0.2) is 9.97 Å². The number of aryl methyl sites for hydroxylation is 1. The molecule has 31 heavy (non-hydrogen) atoms. The summed E-state index contributed by atoms with van der Waals surface area (Å²) in [4.78, 5) is 24.5. The molecule has 2 N–H and O–H groups in total. The molecular formula is C23H30N4O4. The maximum Gasteiger partial charge on any atom is 0.270 e. The number of nitrogens with one attached hydrogen (secondary N) is 1. The first-order valence-corrected chi connectivity index (χ1v) is 11.0. The number of carbonyl (C=O) groups is 1. The van der Waals surface area contributed by atoms with E-state index in [4.69, 9.17) is 14.5 Å². The van der Waals surface area contributed by atoms with Gasteiger partial charge in [-0.15, -0.1) is 0 Å². The Bertz CT molecular complexity index is 914. The van der Waals surface area contributed by atoms with Gasteiger partial charge in [-0.05, 0) is 50.7 Å². The SMILES string of the molecule is COc1cccc(OCC(O)CNC(=O)c2nc(N3CCCC3)nc3c2CCCC3)c1. The van der Waals surface area contributed by atoms with E-state index < -0.39 is 6.10 Å². The molecular weight excluding hydrogens is 396 g/mol. The highest BCUT2D eigenvalue weighted by Gasteiger charge is 2.25. The molecule has 2 heterocycles. The zero-order chi connectivity index (χ0) is 21.6. The fourth-order valence-corrected chi connectivity index (χ4v) is 4.06. The molecule has 1 saturated heterocycles. The van der Waals surface area contributed by atoms with Crippen molar-refractivity contribution < 1.29 is 19.4 Å². The average Bonchev–Trinajstić information content (AvgIpc) is 3.35. The number of aromatic nitrogens is 2. The van der Waals surface area contributed by atoms with E-state index in [1.807, 2.05) is 12.1 Å². The van der Waals surface area contributed by atoms with Gasteiger partial charge in [0.1, 0.15) is 29.9 Å². The molecule has 1 aromatic heterocycles. The minimum atomic E-state index is -0.842. The molecule has 0 radical (unpaired) electrons. The van der Waals surface area contributed by atoms with Crippen LogP contribution in [0.5, 0.6) is 11.5 Å². The number of anilines is 1. The Morgan fingerprint density at radius 1 is 1.16 bits per heavy atom. The van der Waals surface area contributed by atoms with Gasteiger partial charge >= 0.3 is 0 Å². The van der Waals surface area contributed by atoms with E-state index in [0.717, 1.165) is 62.9 Å². The van der Waals surface area contributed by atoms with Crippen LogP contribution < -0.4 is 19.7 Å². The normalized spacial score (nSPS) is 16.5. The minimum absolute atomic E-state index is 0.0638. The number of aliphatic hydroxyl groups excluding tert-OH is 1. The van der Waals surface area contributed by atoms with Crippen LogP contribution in [0.15, 0.2) is 24.3 Å². The summed E-state index contributed by atoms with van der Waals surface area (Å²) in [5.74, 6) is 1.68. The zero-order valence-electron chi connectivity index (χ0n) is 18.0. The van der Waals surface area contributed by atoms with Crippen molar-refractivity contribution in [3.8, 4) is 11.5 Å². The maximum absolute atomic E-state index is 13.0. The number of aliphatic hydroxyl groups is 1. The highest BCUT2D eigenvalue weighted by atomic mass is 16.5. The first-order valence-electron chi connectivity index (χ1n) is 11.0. The van der Waals surface area contributed by atoms with Gasteiger partial charge in [0.15, 0.2) is 0 Å². The van der Waals surface area contributed by atoms with Crippen molar-refractivity contribution >= 4 is 11.9 Å². The molecule has 1 unspecified atom stereocenters. The van der Waals surface area contributed by atoms with E-state index in [2.05, 4.69) is 15.2 Å². The number of benzene rings is 1. The average molecular weight is 427 g/mol. The molecule has 1 amide bonds. The maximum atomic E-state index is 13.0. The molecule has 1 aromatic carbocycles. The van der Waals surface area contributed by atoms with Gasteiger partial charge in [-0.2, -0.15) is 0 Å². The van der Waals surface area contributed by atoms with Gasteiger partial charge in [-0.3, -0.25) is 4.79 Å². The molecule has 1 fully saturated rings. The van der Waals surface area contributed by atoms with Gasteiger partial charge in [0, 0.05) is 37.0 Å². The van der Waals surface area contributed by atoms with Crippen LogP contribution >= 0.6 is 0 Å². The summed E-state index contributed by atoms with van der Waals surface area (Å²) in [7, 11) is 1.59. The number of hydrogen-bond acceptors (Lipinski definition) is 7. The van der Waals surface area contributed by atoms with E-state index in [9.17, 15) is 9.90 Å². The minimum Gasteiger partial charge on any atom is -0.497 e. The first kappa shape index (κ1) is 21.4. The largest absolute Gasteiger partial charge is 0.497 e. The van der Waals surface area contributed by atoms with Crippen molar-refractivity contribution in [2.75, 3.05) is 38.3 Å². The third kappa shape index (κ3) is 5.25. The summed E-state index contributed by atoms with van der Waals surface area (Å²) in [5, 5.41) is 13.1. The summed E-state index contributed by atoms with van der Waals surface area (Å²) in [6, 6.07) is 7.18. The summed E-state index contributed by atoms with van der Waals surface area (Å²) in [6.07, 6.45) is 5.24. The molecule has 166 valence electrons. The zero-order valence-corrected chi connectivity index (χ0v) is 18.0. The van der Waals surface area contributed by atoms with Gasteiger partial charge in [0.25, 0.3) is 5.91 Å². The Hall–Kier alpha value is -2.87. The van der Waals surface area contributed by atoms with Crippen LogP contribution in [0.25, 0.3) is 0 Å². The van der Waals surface area contributed by atoms with Crippen LogP contribution in [0.4, 0.5) is 5.95 Å². The van der Waals surface area contributed by atoms with Crippen LogP contribution in [0.3, 0.4) is 0 Å². The van der Waals surface area contributed by atoms with Gasteiger partial charge < -0.3 is 24.8 Å². The molecule has 0 spiro atoms. The molecule has 2 aromatic rings. The lowest BCUT2D eigenvalue weighted by molar-refractivity contribution is 0.0838. The van der Waals surface area contributed by atoms with Crippen LogP contribution in [-0.4, -0.2) is 60.4 Å². The molecule has 8 nitrogen and oxygen atoms in total. The first-order chi connectivity index (χ1) is 15.1. The monoisotopic (exact) mass is 426 g/mol. The van der Waals surface area contributed by atoms with E-state index in [1.165, 1.54) is 0 Å². The highest BCUT2D eigenvalue weighted by molar-refractivity contribution is 5.94. The lowest BCUT2D eigenvalue weighted by Crippen LogP contribution is -2.37. The molecule has 1 atom stereocenters.